The number of hydrogen-bond acceptors (Lipinski definition) is 5. The molecule has 2 aromatic rings. The fourth-order valence-electron chi connectivity index (χ4n) is 3.48. The smallest absolute Gasteiger partial charge is 0.253 e. The normalized spacial score (nSPS) is 20.0. The Morgan fingerprint density at radius 2 is 1.96 bits per heavy atom. The maximum absolute atomic E-state index is 12.7. The lowest BCUT2D eigenvalue weighted by atomic mass is 9.92. The lowest BCUT2D eigenvalue weighted by Gasteiger charge is -2.41. The summed E-state index contributed by atoms with van der Waals surface area (Å²) >= 11 is 0. The molecule has 1 aliphatic heterocycles. The van der Waals surface area contributed by atoms with Crippen molar-refractivity contribution >= 4 is 11.9 Å². The topological polar surface area (TPSA) is 69.6 Å². The van der Waals surface area contributed by atoms with E-state index in [1.54, 1.807) is 30.4 Å². The van der Waals surface area contributed by atoms with Crippen molar-refractivity contribution in [2.24, 2.45) is 0 Å². The Morgan fingerprint density at radius 3 is 2.62 bits per heavy atom. The highest BCUT2D eigenvalue weighted by Gasteiger charge is 2.36. The molecule has 0 radical (unpaired) electrons. The standard InChI is InChI=1S/C20H26N4O2/c1-3-16-6-8-17(9-7-16)18(25)23(2)14-20(26)10-4-13-24(15-20)19-21-11-5-12-22-19/h5-9,11-12,26H,3-4,10,13-15H2,1-2H3/t20-/m1/s1. The number of rotatable bonds is 5. The number of benzene rings is 1. The highest BCUT2D eigenvalue weighted by atomic mass is 16.3. The van der Waals surface area contributed by atoms with E-state index in [1.165, 1.54) is 5.56 Å². The number of aromatic nitrogens is 2. The first-order chi connectivity index (χ1) is 12.5. The first-order valence-corrected chi connectivity index (χ1v) is 9.09. The SMILES string of the molecule is CCc1ccc(C(=O)N(C)C[C@]2(O)CCCN(c3ncccn3)C2)cc1. The molecule has 1 aromatic heterocycles. The van der Waals surface area contributed by atoms with E-state index in [-0.39, 0.29) is 12.5 Å². The molecule has 26 heavy (non-hydrogen) atoms. The number of hydrogen-bond donors (Lipinski definition) is 1. The third-order valence-corrected chi connectivity index (χ3v) is 4.88. The summed E-state index contributed by atoms with van der Waals surface area (Å²) in [5.74, 6) is 0.545. The maximum atomic E-state index is 12.7. The van der Waals surface area contributed by atoms with E-state index in [1.807, 2.05) is 29.2 Å². The van der Waals surface area contributed by atoms with Gasteiger partial charge in [0.25, 0.3) is 5.91 Å². The predicted octanol–water partition coefficient (Wildman–Crippen LogP) is 2.14. The Balaban J connectivity index is 1.66. The molecule has 6 nitrogen and oxygen atoms in total. The lowest BCUT2D eigenvalue weighted by Crippen LogP contribution is -2.55. The van der Waals surface area contributed by atoms with E-state index in [4.69, 9.17) is 0 Å². The van der Waals surface area contributed by atoms with Crippen molar-refractivity contribution < 1.29 is 9.90 Å². The summed E-state index contributed by atoms with van der Waals surface area (Å²) in [6.45, 7) is 3.60. The Kier molecular flexibility index (Phi) is 5.52. The highest BCUT2D eigenvalue weighted by Crippen LogP contribution is 2.25. The van der Waals surface area contributed by atoms with E-state index in [2.05, 4.69) is 16.9 Å². The molecule has 1 fully saturated rings. The van der Waals surface area contributed by atoms with Crippen molar-refractivity contribution in [2.45, 2.75) is 31.8 Å². The Morgan fingerprint density at radius 1 is 1.27 bits per heavy atom. The summed E-state index contributed by atoms with van der Waals surface area (Å²) in [5, 5.41) is 11.1. The number of anilines is 1. The van der Waals surface area contributed by atoms with Crippen molar-refractivity contribution in [1.82, 2.24) is 14.9 Å². The number of aryl methyl sites for hydroxylation is 1. The van der Waals surface area contributed by atoms with Crippen LogP contribution in [0.1, 0.15) is 35.7 Å². The first-order valence-electron chi connectivity index (χ1n) is 9.09. The number of piperidine rings is 1. The van der Waals surface area contributed by atoms with Gasteiger partial charge in [0, 0.05) is 31.5 Å². The average molecular weight is 354 g/mol. The van der Waals surface area contributed by atoms with Crippen LogP contribution in [0.4, 0.5) is 5.95 Å². The van der Waals surface area contributed by atoms with Gasteiger partial charge in [0.15, 0.2) is 0 Å². The molecule has 0 saturated carbocycles. The zero-order valence-corrected chi connectivity index (χ0v) is 15.4. The Hall–Kier alpha value is -2.47. The van der Waals surface area contributed by atoms with Gasteiger partial charge in [0.1, 0.15) is 0 Å². The number of carbonyl (C=O) groups excluding carboxylic acids is 1. The third kappa shape index (κ3) is 4.19. The second-order valence-electron chi connectivity index (χ2n) is 7.01. The minimum atomic E-state index is -0.967. The van der Waals surface area contributed by atoms with Crippen molar-refractivity contribution in [3.05, 3.63) is 53.9 Å². The quantitative estimate of drug-likeness (QED) is 0.891. The van der Waals surface area contributed by atoms with Gasteiger partial charge in [0.05, 0.1) is 18.7 Å². The van der Waals surface area contributed by atoms with E-state index >= 15 is 0 Å². The summed E-state index contributed by atoms with van der Waals surface area (Å²) in [5.41, 5.74) is 0.881. The minimum absolute atomic E-state index is 0.0748. The predicted molar refractivity (Wildman–Crippen MR) is 101 cm³/mol. The molecule has 0 spiro atoms. The lowest BCUT2D eigenvalue weighted by molar-refractivity contribution is -0.000296. The van der Waals surface area contributed by atoms with Crippen LogP contribution in [-0.2, 0) is 6.42 Å². The van der Waals surface area contributed by atoms with E-state index in [9.17, 15) is 9.90 Å². The zero-order chi connectivity index (χ0) is 18.6. The van der Waals surface area contributed by atoms with Gasteiger partial charge in [-0.05, 0) is 43.0 Å². The summed E-state index contributed by atoms with van der Waals surface area (Å²) in [6.07, 6.45) is 5.84. The van der Waals surface area contributed by atoms with Crippen molar-refractivity contribution in [3.63, 3.8) is 0 Å². The summed E-state index contributed by atoms with van der Waals surface area (Å²) in [4.78, 5) is 24.8. The first kappa shape index (κ1) is 18.3. The second-order valence-corrected chi connectivity index (χ2v) is 7.01. The maximum Gasteiger partial charge on any atom is 0.253 e. The fraction of sp³-hybridized carbons (Fsp3) is 0.450. The van der Waals surface area contributed by atoms with Crippen LogP contribution in [0.2, 0.25) is 0 Å². The van der Waals surface area contributed by atoms with E-state index in [0.717, 1.165) is 19.4 Å². The molecule has 1 aliphatic rings. The Labute approximate surface area is 154 Å². The van der Waals surface area contributed by atoms with E-state index in [0.29, 0.717) is 24.5 Å². The molecule has 2 heterocycles. The van der Waals surface area contributed by atoms with Gasteiger partial charge >= 0.3 is 0 Å². The van der Waals surface area contributed by atoms with Gasteiger partial charge in [-0.25, -0.2) is 9.97 Å². The summed E-state index contributed by atoms with van der Waals surface area (Å²) in [7, 11) is 1.74. The van der Waals surface area contributed by atoms with Crippen LogP contribution in [-0.4, -0.2) is 58.2 Å². The zero-order valence-electron chi connectivity index (χ0n) is 15.4. The number of carbonyl (C=O) groups is 1. The molecule has 1 atom stereocenters. The van der Waals surface area contributed by atoms with Crippen molar-refractivity contribution in [2.75, 3.05) is 31.6 Å². The van der Waals surface area contributed by atoms with Gasteiger partial charge in [-0.1, -0.05) is 19.1 Å². The average Bonchev–Trinajstić information content (AvgIpc) is 2.68. The van der Waals surface area contributed by atoms with Crippen LogP contribution in [0.25, 0.3) is 0 Å². The Bertz CT molecular complexity index is 735. The largest absolute Gasteiger partial charge is 0.386 e. The number of amides is 1. The van der Waals surface area contributed by atoms with Gasteiger partial charge in [0.2, 0.25) is 5.95 Å². The van der Waals surface area contributed by atoms with Crippen LogP contribution in [0.3, 0.4) is 0 Å². The van der Waals surface area contributed by atoms with Crippen molar-refractivity contribution in [1.29, 1.82) is 0 Å². The highest BCUT2D eigenvalue weighted by molar-refractivity contribution is 5.94. The van der Waals surface area contributed by atoms with Crippen LogP contribution in [0, 0.1) is 0 Å². The number of β-amino-alcohol motifs (C(OH)–C–C–N with tert-alkyl or cyclic N) is 1. The molecular formula is C20H26N4O2. The van der Waals surface area contributed by atoms with E-state index < -0.39 is 5.60 Å². The van der Waals surface area contributed by atoms with Crippen molar-refractivity contribution in [3.8, 4) is 0 Å². The monoisotopic (exact) mass is 354 g/mol. The summed E-state index contributed by atoms with van der Waals surface area (Å²) in [6, 6.07) is 9.44. The molecule has 1 saturated heterocycles. The third-order valence-electron chi connectivity index (χ3n) is 4.88. The molecule has 3 rings (SSSR count). The van der Waals surface area contributed by atoms with Gasteiger partial charge < -0.3 is 14.9 Å². The summed E-state index contributed by atoms with van der Waals surface area (Å²) < 4.78 is 0. The molecule has 1 amide bonds. The number of nitrogens with zero attached hydrogens (tertiary/aromatic N) is 4. The second kappa shape index (κ2) is 7.83. The minimum Gasteiger partial charge on any atom is -0.386 e. The molecular weight excluding hydrogens is 328 g/mol. The molecule has 1 N–H and O–H groups in total. The molecule has 0 bridgehead atoms. The molecule has 6 heteroatoms. The molecule has 1 aromatic carbocycles. The van der Waals surface area contributed by atoms with Crippen LogP contribution in [0.5, 0.6) is 0 Å². The van der Waals surface area contributed by atoms with Gasteiger partial charge in [-0.3, -0.25) is 4.79 Å². The van der Waals surface area contributed by atoms with Crippen LogP contribution in [0.15, 0.2) is 42.7 Å². The fourth-order valence-corrected chi connectivity index (χ4v) is 3.48. The van der Waals surface area contributed by atoms with Gasteiger partial charge in [-0.15, -0.1) is 0 Å². The van der Waals surface area contributed by atoms with Crippen LogP contribution < -0.4 is 4.90 Å². The molecule has 0 unspecified atom stereocenters. The molecule has 0 aliphatic carbocycles. The molecule has 138 valence electrons. The van der Waals surface area contributed by atoms with Gasteiger partial charge in [-0.2, -0.15) is 0 Å². The number of likely N-dealkylation sites (N-methyl/N-ethyl adjacent to an activating group) is 1. The number of aliphatic hydroxyl groups is 1. The van der Waals surface area contributed by atoms with Crippen LogP contribution >= 0.6 is 0 Å².